The van der Waals surface area contributed by atoms with Crippen LogP contribution in [0, 0.1) is 4.91 Å². The van der Waals surface area contributed by atoms with Crippen molar-refractivity contribution >= 4 is 55.3 Å². The van der Waals surface area contributed by atoms with Crippen molar-refractivity contribution in [1.29, 1.82) is 0 Å². The van der Waals surface area contributed by atoms with Gasteiger partial charge in [-0.2, -0.15) is 0 Å². The molecule has 0 bridgehead atoms. The molecule has 0 fully saturated rings. The van der Waals surface area contributed by atoms with Crippen molar-refractivity contribution in [3.63, 3.8) is 0 Å². The van der Waals surface area contributed by atoms with E-state index in [-0.39, 0.29) is 5.57 Å². The molecule has 0 spiro atoms. The minimum absolute atomic E-state index is 0.207. The summed E-state index contributed by atoms with van der Waals surface area (Å²) in [5.74, 6) is -1.53. The average Bonchev–Trinajstić information content (AvgIpc) is 2.43. The van der Waals surface area contributed by atoms with Crippen molar-refractivity contribution in [3.8, 4) is 0 Å². The Morgan fingerprint density at radius 1 is 1.25 bits per heavy atom. The number of hydrogen-bond donors (Lipinski definition) is 0. The number of Topliss-reactive ketones (excluding diaryl/α,β-unsaturated/α-hetero) is 1. The van der Waals surface area contributed by atoms with Gasteiger partial charge in [-0.15, -0.1) is 32.6 Å². The smallest absolute Gasteiger partial charge is 0.288 e. The van der Waals surface area contributed by atoms with E-state index in [1.165, 1.54) is 13.0 Å². The maximum atomic E-state index is 12.4. The second-order valence-corrected chi connectivity index (χ2v) is 5.88. The van der Waals surface area contributed by atoms with Crippen LogP contribution < -0.4 is 15.9 Å². The highest BCUT2D eigenvalue weighted by Gasteiger charge is 2.23. The van der Waals surface area contributed by atoms with Crippen LogP contribution in [0.1, 0.15) is 29.8 Å². The van der Waals surface area contributed by atoms with Crippen LogP contribution in [0.3, 0.4) is 0 Å². The third-order valence-corrected chi connectivity index (χ3v) is 5.13. The number of carbonyl (C=O) groups is 2. The van der Waals surface area contributed by atoms with E-state index in [2.05, 4.69) is 32.9 Å². The quantitative estimate of drug-likeness (QED) is 0.208. The van der Waals surface area contributed by atoms with E-state index in [9.17, 15) is 14.5 Å². The van der Waals surface area contributed by atoms with Crippen molar-refractivity contribution < 1.29 is 9.59 Å². The lowest BCUT2D eigenvalue weighted by Crippen LogP contribution is -2.30. The monoisotopic (exact) mass is 327 g/mol. The Kier molecular flexibility index (Phi) is 6.27. The fraction of sp³-hybridized carbons (Fsp3) is 0.231. The molecule has 0 saturated heterocycles. The summed E-state index contributed by atoms with van der Waals surface area (Å²) in [5, 5.41) is 4.84. The first-order chi connectivity index (χ1) is 9.38. The van der Waals surface area contributed by atoms with Crippen LogP contribution in [0.2, 0.25) is 0 Å². The molecule has 3 unspecified atom stereocenters. The third kappa shape index (κ3) is 3.26. The second kappa shape index (κ2) is 7.27. The summed E-state index contributed by atoms with van der Waals surface area (Å²) >= 11 is 0. The SMILES string of the molecule is C/C=C(\C(=O)N=O)C(=O)c1cc(P)c(CC)c(P)c1P. The zero-order valence-corrected chi connectivity index (χ0v) is 14.7. The summed E-state index contributed by atoms with van der Waals surface area (Å²) in [7, 11) is 7.71. The lowest BCUT2D eigenvalue weighted by molar-refractivity contribution is -0.114. The summed E-state index contributed by atoms with van der Waals surface area (Å²) < 4.78 is 0. The first-order valence-electron chi connectivity index (χ1n) is 5.93. The van der Waals surface area contributed by atoms with Gasteiger partial charge in [0.2, 0.25) is 0 Å². The molecule has 4 nitrogen and oxygen atoms in total. The van der Waals surface area contributed by atoms with E-state index >= 15 is 0 Å². The van der Waals surface area contributed by atoms with E-state index in [4.69, 9.17) is 0 Å². The zero-order chi connectivity index (χ0) is 15.4. The Morgan fingerprint density at radius 3 is 2.30 bits per heavy atom. The predicted octanol–water partition coefficient (Wildman–Crippen LogP) is 1.17. The standard InChI is InChI=1S/C13H16NO3P3/c1-3-6-9(18)5-8(12(20)11(6)19)10(15)7(4-2)13(16)14-17/h4-5H,3,18-20H2,1-2H3/b7-4-. The van der Waals surface area contributed by atoms with Gasteiger partial charge in [0, 0.05) is 10.7 Å². The van der Waals surface area contributed by atoms with Gasteiger partial charge >= 0.3 is 5.91 Å². The molecule has 0 heterocycles. The number of ketones is 1. The molecule has 0 radical (unpaired) electrons. The van der Waals surface area contributed by atoms with Crippen LogP contribution in [0.4, 0.5) is 0 Å². The van der Waals surface area contributed by atoms with E-state index in [1.54, 1.807) is 6.07 Å². The summed E-state index contributed by atoms with van der Waals surface area (Å²) in [5.41, 5.74) is 1.29. The van der Waals surface area contributed by atoms with Crippen LogP contribution in [-0.4, -0.2) is 11.7 Å². The van der Waals surface area contributed by atoms with Gasteiger partial charge in [-0.1, -0.05) is 13.0 Å². The minimum Gasteiger partial charge on any atom is -0.288 e. The molecule has 1 amide bonds. The van der Waals surface area contributed by atoms with Crippen LogP contribution >= 0.6 is 27.7 Å². The highest BCUT2D eigenvalue weighted by Crippen LogP contribution is 2.14. The first kappa shape index (κ1) is 17.2. The van der Waals surface area contributed by atoms with Gasteiger partial charge in [0.15, 0.2) is 5.78 Å². The molecule has 3 atom stereocenters. The van der Waals surface area contributed by atoms with Crippen LogP contribution in [0.15, 0.2) is 22.9 Å². The molecule has 0 aliphatic rings. The maximum absolute atomic E-state index is 12.4. The zero-order valence-electron chi connectivity index (χ0n) is 11.3. The number of hydrogen-bond acceptors (Lipinski definition) is 3. The summed E-state index contributed by atoms with van der Waals surface area (Å²) in [6, 6.07) is 1.71. The second-order valence-electron chi connectivity index (χ2n) is 4.10. The number of nitroso groups, excluding NO2 is 1. The Hall–Kier alpha value is -0.810. The number of rotatable bonds is 4. The van der Waals surface area contributed by atoms with Crippen molar-refractivity contribution in [1.82, 2.24) is 0 Å². The fourth-order valence-electron chi connectivity index (χ4n) is 1.91. The van der Waals surface area contributed by atoms with Crippen molar-refractivity contribution in [3.05, 3.63) is 33.7 Å². The van der Waals surface area contributed by atoms with Gasteiger partial charge < -0.3 is 0 Å². The van der Waals surface area contributed by atoms with Crippen molar-refractivity contribution in [2.75, 3.05) is 0 Å². The molecular weight excluding hydrogens is 311 g/mol. The fourth-order valence-corrected chi connectivity index (χ4v) is 3.52. The Bertz CT molecular complexity index is 624. The van der Waals surface area contributed by atoms with Crippen LogP contribution in [0.5, 0.6) is 0 Å². The molecule has 20 heavy (non-hydrogen) atoms. The molecule has 1 rings (SSSR count). The van der Waals surface area contributed by atoms with E-state index in [0.29, 0.717) is 10.9 Å². The lowest BCUT2D eigenvalue weighted by atomic mass is 10.00. The largest absolute Gasteiger partial charge is 0.320 e. The van der Waals surface area contributed by atoms with Gasteiger partial charge in [0.1, 0.15) is 0 Å². The first-order valence-corrected chi connectivity index (χ1v) is 7.67. The van der Waals surface area contributed by atoms with Gasteiger partial charge in [-0.3, -0.25) is 9.59 Å². The number of nitrogens with zero attached hydrogens (tertiary/aromatic N) is 1. The average molecular weight is 327 g/mol. The Balaban J connectivity index is 3.45. The Morgan fingerprint density at radius 2 is 1.85 bits per heavy atom. The number of allylic oxidation sites excluding steroid dienone is 1. The molecule has 1 aromatic rings. The topological polar surface area (TPSA) is 63.6 Å². The minimum atomic E-state index is -1.04. The molecule has 1 aromatic carbocycles. The van der Waals surface area contributed by atoms with E-state index in [1.807, 2.05) is 6.92 Å². The van der Waals surface area contributed by atoms with Crippen molar-refractivity contribution in [2.45, 2.75) is 20.3 Å². The molecule has 7 heteroatoms. The molecule has 0 saturated carbocycles. The van der Waals surface area contributed by atoms with Gasteiger partial charge in [0.05, 0.1) is 5.57 Å². The van der Waals surface area contributed by atoms with E-state index in [0.717, 1.165) is 22.6 Å². The van der Waals surface area contributed by atoms with Gasteiger partial charge in [0.25, 0.3) is 0 Å². The number of carbonyl (C=O) groups excluding carboxylic acids is 2. The van der Waals surface area contributed by atoms with Crippen LogP contribution in [0.25, 0.3) is 0 Å². The number of benzene rings is 1. The molecule has 0 aromatic heterocycles. The van der Waals surface area contributed by atoms with Gasteiger partial charge in [-0.05, 0) is 40.9 Å². The summed E-state index contributed by atoms with van der Waals surface area (Å²) in [6.07, 6.45) is 2.15. The highest BCUT2D eigenvalue weighted by atomic mass is 31.0. The molecule has 0 N–H and O–H groups in total. The van der Waals surface area contributed by atoms with Crippen LogP contribution in [-0.2, 0) is 11.2 Å². The predicted molar refractivity (Wildman–Crippen MR) is 92.7 cm³/mol. The Labute approximate surface area is 124 Å². The molecule has 0 aliphatic heterocycles. The highest BCUT2D eigenvalue weighted by molar-refractivity contribution is 7.36. The summed E-state index contributed by atoms with van der Waals surface area (Å²) in [4.78, 5) is 34.1. The normalized spacial score (nSPS) is 11.3. The van der Waals surface area contributed by atoms with Crippen molar-refractivity contribution in [2.24, 2.45) is 5.18 Å². The van der Waals surface area contributed by atoms with Gasteiger partial charge in [-0.25, -0.2) is 0 Å². The molecule has 106 valence electrons. The number of amides is 1. The van der Waals surface area contributed by atoms with E-state index < -0.39 is 11.7 Å². The molecule has 0 aliphatic carbocycles. The molecular formula is C13H16NO3P3. The lowest BCUT2D eigenvalue weighted by Gasteiger charge is -2.14. The summed E-state index contributed by atoms with van der Waals surface area (Å²) in [6.45, 7) is 3.56. The maximum Gasteiger partial charge on any atom is 0.320 e. The third-order valence-electron chi connectivity index (χ3n) is 3.00.